The molecule has 1 fully saturated rings. The number of nitrogens with one attached hydrogen (secondary N) is 1. The summed E-state index contributed by atoms with van der Waals surface area (Å²) in [5.41, 5.74) is 0.386. The molecule has 2 nitrogen and oxygen atoms in total. The average molecular weight is 205 g/mol. The fourth-order valence-corrected chi connectivity index (χ4v) is 2.42. The lowest BCUT2D eigenvalue weighted by Crippen LogP contribution is -2.50. The van der Waals surface area contributed by atoms with Crippen molar-refractivity contribution in [2.45, 2.75) is 31.9 Å². The largest absolute Gasteiger partial charge is 0.385 e. The molecule has 0 saturated carbocycles. The van der Waals surface area contributed by atoms with Gasteiger partial charge in [-0.3, -0.25) is 0 Å². The molecule has 2 N–H and O–H groups in total. The minimum absolute atomic E-state index is 0.260. The topological polar surface area (TPSA) is 32.3 Å². The molecule has 0 unspecified atom stereocenters. The molecular formula is C13H19NO. The Morgan fingerprint density at radius 1 is 1.27 bits per heavy atom. The molecule has 3 atom stereocenters. The number of piperidine rings is 1. The number of benzene rings is 1. The summed E-state index contributed by atoms with van der Waals surface area (Å²) >= 11 is 0. The summed E-state index contributed by atoms with van der Waals surface area (Å²) in [5, 5.41) is 14.1. The number of hydrogen-bond donors (Lipinski definition) is 2. The van der Waals surface area contributed by atoms with Gasteiger partial charge in [0.1, 0.15) is 0 Å². The summed E-state index contributed by atoms with van der Waals surface area (Å²) in [6.45, 7) is 5.11. The zero-order valence-corrected chi connectivity index (χ0v) is 9.40. The summed E-state index contributed by atoms with van der Waals surface area (Å²) in [5.74, 6) is 0.260. The quantitative estimate of drug-likeness (QED) is 0.734. The van der Waals surface area contributed by atoms with E-state index in [1.165, 1.54) is 0 Å². The van der Waals surface area contributed by atoms with Gasteiger partial charge in [0, 0.05) is 18.5 Å². The van der Waals surface area contributed by atoms with Crippen molar-refractivity contribution in [3.8, 4) is 0 Å². The molecule has 1 aromatic rings. The Labute approximate surface area is 91.3 Å². The van der Waals surface area contributed by atoms with Crippen molar-refractivity contribution in [2.75, 3.05) is 6.54 Å². The van der Waals surface area contributed by atoms with Crippen LogP contribution >= 0.6 is 0 Å². The zero-order chi connectivity index (χ0) is 10.9. The molecule has 0 aromatic heterocycles. The summed E-state index contributed by atoms with van der Waals surface area (Å²) in [6.07, 6.45) is 0.790. The van der Waals surface area contributed by atoms with Crippen LogP contribution in [0, 0.1) is 5.92 Å². The lowest BCUT2D eigenvalue weighted by molar-refractivity contribution is -0.0507. The SMILES string of the molecule is C[C@@H]1C[C@](O)(c2ccccc2)[C@H](C)CN1. The van der Waals surface area contributed by atoms with E-state index in [1.54, 1.807) is 0 Å². The van der Waals surface area contributed by atoms with Gasteiger partial charge < -0.3 is 10.4 Å². The summed E-state index contributed by atoms with van der Waals surface area (Å²) < 4.78 is 0. The molecule has 1 saturated heterocycles. The van der Waals surface area contributed by atoms with Gasteiger partial charge >= 0.3 is 0 Å². The fourth-order valence-electron chi connectivity index (χ4n) is 2.42. The highest BCUT2D eigenvalue weighted by Gasteiger charge is 2.39. The van der Waals surface area contributed by atoms with Gasteiger partial charge in [-0.25, -0.2) is 0 Å². The summed E-state index contributed by atoms with van der Waals surface area (Å²) in [7, 11) is 0. The van der Waals surface area contributed by atoms with Crippen LogP contribution in [0.1, 0.15) is 25.8 Å². The zero-order valence-electron chi connectivity index (χ0n) is 9.40. The smallest absolute Gasteiger partial charge is 0.0948 e. The molecule has 2 heteroatoms. The second-order valence-electron chi connectivity index (χ2n) is 4.70. The normalized spacial score (nSPS) is 36.5. The standard InChI is InChI=1S/C13H19NO/c1-10-9-14-11(2)8-13(10,15)12-6-4-3-5-7-12/h3-7,10-11,14-15H,8-9H2,1-2H3/t10-,11-,13-/m1/s1. The minimum atomic E-state index is -0.661. The number of hydrogen-bond acceptors (Lipinski definition) is 2. The Kier molecular flexibility index (Phi) is 2.81. The van der Waals surface area contributed by atoms with E-state index < -0.39 is 5.60 Å². The van der Waals surface area contributed by atoms with Crippen molar-refractivity contribution >= 4 is 0 Å². The molecule has 1 aliphatic rings. The first kappa shape index (κ1) is 10.7. The van der Waals surface area contributed by atoms with Crippen LogP contribution in [-0.4, -0.2) is 17.7 Å². The molecule has 0 aliphatic carbocycles. The van der Waals surface area contributed by atoms with E-state index in [2.05, 4.69) is 19.2 Å². The number of aliphatic hydroxyl groups is 1. The molecule has 1 aromatic carbocycles. The van der Waals surface area contributed by atoms with Gasteiger partial charge in [-0.1, -0.05) is 37.3 Å². The van der Waals surface area contributed by atoms with Crippen LogP contribution < -0.4 is 5.32 Å². The van der Waals surface area contributed by atoms with Crippen LogP contribution in [0.5, 0.6) is 0 Å². The second-order valence-corrected chi connectivity index (χ2v) is 4.70. The first-order chi connectivity index (χ1) is 7.13. The maximum atomic E-state index is 10.7. The summed E-state index contributed by atoms with van der Waals surface area (Å²) in [6, 6.07) is 10.4. The van der Waals surface area contributed by atoms with Crippen molar-refractivity contribution in [2.24, 2.45) is 5.92 Å². The maximum Gasteiger partial charge on any atom is 0.0948 e. The van der Waals surface area contributed by atoms with Gasteiger partial charge in [0.15, 0.2) is 0 Å². The first-order valence-corrected chi connectivity index (χ1v) is 5.64. The molecule has 0 bridgehead atoms. The Bertz CT molecular complexity index is 325. The summed E-state index contributed by atoms with van der Waals surface area (Å²) in [4.78, 5) is 0. The molecule has 2 rings (SSSR count). The van der Waals surface area contributed by atoms with E-state index in [0.29, 0.717) is 6.04 Å². The van der Waals surface area contributed by atoms with Crippen LogP contribution in [-0.2, 0) is 5.60 Å². The van der Waals surface area contributed by atoms with Gasteiger partial charge in [-0.05, 0) is 18.9 Å². The van der Waals surface area contributed by atoms with Crippen LogP contribution in [0.4, 0.5) is 0 Å². The fraction of sp³-hybridized carbons (Fsp3) is 0.538. The van der Waals surface area contributed by atoms with Crippen molar-refractivity contribution in [1.82, 2.24) is 5.32 Å². The van der Waals surface area contributed by atoms with E-state index in [0.717, 1.165) is 18.5 Å². The Morgan fingerprint density at radius 3 is 2.60 bits per heavy atom. The molecule has 0 radical (unpaired) electrons. The third-order valence-corrected chi connectivity index (χ3v) is 3.48. The third-order valence-electron chi connectivity index (χ3n) is 3.48. The lowest BCUT2D eigenvalue weighted by atomic mass is 9.75. The molecule has 0 spiro atoms. The van der Waals surface area contributed by atoms with Crippen LogP contribution in [0.2, 0.25) is 0 Å². The Morgan fingerprint density at radius 2 is 1.93 bits per heavy atom. The highest BCUT2D eigenvalue weighted by Crippen LogP contribution is 2.36. The first-order valence-electron chi connectivity index (χ1n) is 5.64. The van der Waals surface area contributed by atoms with E-state index in [4.69, 9.17) is 0 Å². The van der Waals surface area contributed by atoms with Gasteiger partial charge in [0.05, 0.1) is 5.60 Å². The Hall–Kier alpha value is -0.860. The minimum Gasteiger partial charge on any atom is -0.385 e. The van der Waals surface area contributed by atoms with Gasteiger partial charge in [-0.15, -0.1) is 0 Å². The molecule has 82 valence electrons. The maximum absolute atomic E-state index is 10.7. The molecule has 15 heavy (non-hydrogen) atoms. The van der Waals surface area contributed by atoms with Crippen LogP contribution in [0.15, 0.2) is 30.3 Å². The number of rotatable bonds is 1. The molecular weight excluding hydrogens is 186 g/mol. The van der Waals surface area contributed by atoms with Crippen molar-refractivity contribution in [3.63, 3.8) is 0 Å². The third kappa shape index (κ3) is 1.92. The van der Waals surface area contributed by atoms with E-state index in [1.807, 2.05) is 30.3 Å². The van der Waals surface area contributed by atoms with E-state index >= 15 is 0 Å². The highest BCUT2D eigenvalue weighted by molar-refractivity contribution is 5.24. The van der Waals surface area contributed by atoms with E-state index in [-0.39, 0.29) is 5.92 Å². The van der Waals surface area contributed by atoms with Gasteiger partial charge in [-0.2, -0.15) is 0 Å². The molecule has 0 amide bonds. The van der Waals surface area contributed by atoms with Crippen molar-refractivity contribution in [1.29, 1.82) is 0 Å². The molecule has 1 heterocycles. The van der Waals surface area contributed by atoms with Gasteiger partial charge in [0.2, 0.25) is 0 Å². The van der Waals surface area contributed by atoms with E-state index in [9.17, 15) is 5.11 Å². The highest BCUT2D eigenvalue weighted by atomic mass is 16.3. The lowest BCUT2D eigenvalue weighted by Gasteiger charge is -2.42. The average Bonchev–Trinajstić information content (AvgIpc) is 2.25. The van der Waals surface area contributed by atoms with Crippen molar-refractivity contribution < 1.29 is 5.11 Å². The Balaban J connectivity index is 2.31. The van der Waals surface area contributed by atoms with Gasteiger partial charge in [0.25, 0.3) is 0 Å². The monoisotopic (exact) mass is 205 g/mol. The van der Waals surface area contributed by atoms with Crippen LogP contribution in [0.3, 0.4) is 0 Å². The molecule has 1 aliphatic heterocycles. The predicted octanol–water partition coefficient (Wildman–Crippen LogP) is 1.89. The van der Waals surface area contributed by atoms with Crippen LogP contribution in [0.25, 0.3) is 0 Å². The second kappa shape index (κ2) is 3.95. The predicted molar refractivity (Wildman–Crippen MR) is 61.6 cm³/mol. The van der Waals surface area contributed by atoms with Crippen molar-refractivity contribution in [3.05, 3.63) is 35.9 Å².